The first-order valence-electron chi connectivity index (χ1n) is 9.68. The zero-order valence-electron chi connectivity index (χ0n) is 17.0. The number of fused-ring (bicyclic) bond motifs is 1. The van der Waals surface area contributed by atoms with Gasteiger partial charge in [-0.3, -0.25) is 9.59 Å². The van der Waals surface area contributed by atoms with E-state index in [0.29, 0.717) is 23.8 Å². The summed E-state index contributed by atoms with van der Waals surface area (Å²) in [5.41, 5.74) is 1.61. The van der Waals surface area contributed by atoms with E-state index in [0.717, 1.165) is 5.56 Å². The minimum Gasteiger partial charge on any atom is -0.474 e. The Labute approximate surface area is 173 Å². The fraction of sp³-hybridized carbons (Fsp3) is 0.350. The molecule has 0 unspecified atom stereocenters. The molecule has 2 N–H and O–H groups in total. The quantitative estimate of drug-likeness (QED) is 0.656. The molecular formula is C20H23N7O3. The highest BCUT2D eigenvalue weighted by Gasteiger charge is 2.33. The van der Waals surface area contributed by atoms with Gasteiger partial charge in [0, 0.05) is 13.5 Å². The standard InChI is InChI=1S/C20H23N7O3/c1-12(2)27-20-15(10-21-27)26(3)19(29)14(11-30-20)22-18(28)17-23-16(24-25-17)9-13-7-5-4-6-8-13/h4-8,10,12,14H,9,11H2,1-3H3,(H,22,28)(H,23,24,25)/t14-/m0/s1. The molecule has 1 atom stereocenters. The number of aromatic amines is 1. The van der Waals surface area contributed by atoms with Gasteiger partial charge in [-0.1, -0.05) is 30.3 Å². The third-order valence-electron chi connectivity index (χ3n) is 4.87. The van der Waals surface area contributed by atoms with Crippen molar-refractivity contribution in [3.05, 3.63) is 53.7 Å². The number of benzene rings is 1. The molecular weight excluding hydrogens is 386 g/mol. The Morgan fingerprint density at radius 3 is 2.80 bits per heavy atom. The van der Waals surface area contributed by atoms with Crippen molar-refractivity contribution in [2.24, 2.45) is 0 Å². The number of hydrogen-bond donors (Lipinski definition) is 2. The van der Waals surface area contributed by atoms with Gasteiger partial charge in [-0.25, -0.2) is 4.68 Å². The fourth-order valence-electron chi connectivity index (χ4n) is 3.26. The van der Waals surface area contributed by atoms with Crippen LogP contribution in [0.1, 0.15) is 41.9 Å². The van der Waals surface area contributed by atoms with Crippen LogP contribution >= 0.6 is 0 Å². The lowest BCUT2D eigenvalue weighted by atomic mass is 10.1. The molecule has 0 saturated heterocycles. The van der Waals surface area contributed by atoms with Crippen molar-refractivity contribution in [3.63, 3.8) is 0 Å². The molecule has 0 spiro atoms. The maximum atomic E-state index is 12.8. The summed E-state index contributed by atoms with van der Waals surface area (Å²) in [7, 11) is 1.63. The summed E-state index contributed by atoms with van der Waals surface area (Å²) in [6, 6.07) is 8.95. The second-order valence-corrected chi connectivity index (χ2v) is 7.39. The van der Waals surface area contributed by atoms with Crippen molar-refractivity contribution >= 4 is 17.5 Å². The van der Waals surface area contributed by atoms with Gasteiger partial charge in [0.25, 0.3) is 11.8 Å². The number of likely N-dealkylation sites (N-methyl/N-ethyl adjacent to an activating group) is 1. The van der Waals surface area contributed by atoms with E-state index in [2.05, 4.69) is 25.6 Å². The van der Waals surface area contributed by atoms with Crippen LogP contribution in [-0.4, -0.2) is 56.5 Å². The second kappa shape index (κ2) is 7.97. The molecule has 0 saturated carbocycles. The predicted octanol–water partition coefficient (Wildman–Crippen LogP) is 1.33. The van der Waals surface area contributed by atoms with E-state index in [4.69, 9.17) is 4.74 Å². The maximum absolute atomic E-state index is 12.8. The fourth-order valence-corrected chi connectivity index (χ4v) is 3.26. The summed E-state index contributed by atoms with van der Waals surface area (Å²) in [6.45, 7) is 3.93. The lowest BCUT2D eigenvalue weighted by Gasteiger charge is -2.18. The molecule has 0 bridgehead atoms. The summed E-state index contributed by atoms with van der Waals surface area (Å²) in [6.07, 6.45) is 2.11. The van der Waals surface area contributed by atoms with Crippen molar-refractivity contribution < 1.29 is 14.3 Å². The Bertz CT molecular complexity index is 1060. The molecule has 30 heavy (non-hydrogen) atoms. The van der Waals surface area contributed by atoms with Gasteiger partial charge in [-0.2, -0.15) is 5.10 Å². The third kappa shape index (κ3) is 3.76. The Morgan fingerprint density at radius 1 is 1.30 bits per heavy atom. The molecule has 156 valence electrons. The number of hydrogen-bond acceptors (Lipinski definition) is 6. The lowest BCUT2D eigenvalue weighted by molar-refractivity contribution is -0.120. The summed E-state index contributed by atoms with van der Waals surface area (Å²) in [4.78, 5) is 29.8. The van der Waals surface area contributed by atoms with Crippen molar-refractivity contribution in [1.82, 2.24) is 30.3 Å². The number of H-pyrrole nitrogens is 1. The molecule has 4 rings (SSSR count). The van der Waals surface area contributed by atoms with Crippen LogP contribution in [0.3, 0.4) is 0 Å². The van der Waals surface area contributed by atoms with Gasteiger partial charge in [0.05, 0.1) is 12.2 Å². The largest absolute Gasteiger partial charge is 0.474 e. The van der Waals surface area contributed by atoms with E-state index in [1.54, 1.807) is 17.9 Å². The van der Waals surface area contributed by atoms with Gasteiger partial charge < -0.3 is 19.9 Å². The molecule has 0 aliphatic carbocycles. The predicted molar refractivity (Wildman–Crippen MR) is 108 cm³/mol. The van der Waals surface area contributed by atoms with Crippen LogP contribution in [0.5, 0.6) is 5.88 Å². The molecule has 10 nitrogen and oxygen atoms in total. The van der Waals surface area contributed by atoms with Crippen molar-refractivity contribution in [1.29, 1.82) is 0 Å². The van der Waals surface area contributed by atoms with E-state index in [9.17, 15) is 9.59 Å². The number of nitrogens with zero attached hydrogens (tertiary/aromatic N) is 5. The van der Waals surface area contributed by atoms with Crippen LogP contribution in [0.25, 0.3) is 0 Å². The van der Waals surface area contributed by atoms with Crippen molar-refractivity contribution in [2.75, 3.05) is 18.6 Å². The first-order valence-corrected chi connectivity index (χ1v) is 9.68. The Kier molecular flexibility index (Phi) is 5.21. The number of ether oxygens (including phenoxy) is 1. The van der Waals surface area contributed by atoms with Gasteiger partial charge in [-0.15, -0.1) is 10.2 Å². The molecule has 1 aliphatic rings. The van der Waals surface area contributed by atoms with E-state index in [1.165, 1.54) is 4.90 Å². The van der Waals surface area contributed by atoms with E-state index in [1.807, 2.05) is 44.2 Å². The first kappa shape index (κ1) is 19.6. The topological polar surface area (TPSA) is 118 Å². The molecule has 1 aromatic carbocycles. The van der Waals surface area contributed by atoms with Gasteiger partial charge in [0.15, 0.2) is 0 Å². The molecule has 2 aromatic heterocycles. The van der Waals surface area contributed by atoms with Crippen LogP contribution in [0.2, 0.25) is 0 Å². The zero-order valence-corrected chi connectivity index (χ0v) is 17.0. The highest BCUT2D eigenvalue weighted by Crippen LogP contribution is 2.32. The van der Waals surface area contributed by atoms with Crippen molar-refractivity contribution in [3.8, 4) is 5.88 Å². The number of anilines is 1. The van der Waals surface area contributed by atoms with Crippen LogP contribution in [0.15, 0.2) is 36.5 Å². The molecule has 1 aliphatic heterocycles. The van der Waals surface area contributed by atoms with Crippen molar-refractivity contribution in [2.45, 2.75) is 32.4 Å². The molecule has 10 heteroatoms. The Hall–Kier alpha value is -3.69. The maximum Gasteiger partial charge on any atom is 0.289 e. The van der Waals surface area contributed by atoms with Crippen LogP contribution < -0.4 is 15.0 Å². The Morgan fingerprint density at radius 2 is 2.07 bits per heavy atom. The van der Waals surface area contributed by atoms with Crippen LogP contribution in [-0.2, 0) is 11.2 Å². The van der Waals surface area contributed by atoms with E-state index in [-0.39, 0.29) is 24.4 Å². The number of carbonyl (C=O) groups excluding carboxylic acids is 2. The zero-order chi connectivity index (χ0) is 21.3. The molecule has 0 radical (unpaired) electrons. The minimum absolute atomic E-state index is 0.00859. The monoisotopic (exact) mass is 409 g/mol. The van der Waals surface area contributed by atoms with Crippen LogP contribution in [0, 0.1) is 0 Å². The highest BCUT2D eigenvalue weighted by molar-refractivity contribution is 6.02. The van der Waals surface area contributed by atoms with Gasteiger partial charge >= 0.3 is 0 Å². The number of rotatable bonds is 5. The number of carbonyl (C=O) groups is 2. The molecule has 0 fully saturated rings. The average molecular weight is 409 g/mol. The van der Waals surface area contributed by atoms with Crippen LogP contribution in [0.4, 0.5) is 5.69 Å². The second-order valence-electron chi connectivity index (χ2n) is 7.39. The highest BCUT2D eigenvalue weighted by atomic mass is 16.5. The summed E-state index contributed by atoms with van der Waals surface area (Å²) >= 11 is 0. The average Bonchev–Trinajstić information content (AvgIpc) is 3.35. The molecule has 3 heterocycles. The normalized spacial score (nSPS) is 16.2. The SMILES string of the molecule is CC(C)n1ncc2c1OC[C@H](NC(=O)c1nnc(Cc3ccccc3)[nH]1)C(=O)N2C. The molecule has 3 aromatic rings. The minimum atomic E-state index is -0.863. The lowest BCUT2D eigenvalue weighted by Crippen LogP contribution is -2.49. The summed E-state index contributed by atoms with van der Waals surface area (Å²) in [5.74, 6) is 0.299. The smallest absolute Gasteiger partial charge is 0.289 e. The third-order valence-corrected chi connectivity index (χ3v) is 4.87. The Balaban J connectivity index is 1.45. The van der Waals surface area contributed by atoms with Gasteiger partial charge in [0.2, 0.25) is 11.7 Å². The number of amides is 2. The summed E-state index contributed by atoms with van der Waals surface area (Å²) < 4.78 is 7.54. The van der Waals surface area contributed by atoms with E-state index >= 15 is 0 Å². The summed E-state index contributed by atoms with van der Waals surface area (Å²) in [5, 5.41) is 14.9. The number of aromatic nitrogens is 5. The van der Waals surface area contributed by atoms with Gasteiger partial charge in [-0.05, 0) is 19.4 Å². The number of nitrogens with one attached hydrogen (secondary N) is 2. The molecule has 2 amide bonds. The van der Waals surface area contributed by atoms with E-state index < -0.39 is 11.9 Å². The van der Waals surface area contributed by atoms with Gasteiger partial charge in [0.1, 0.15) is 24.2 Å². The first-order chi connectivity index (χ1) is 14.4.